The number of hydrogen-bond acceptors (Lipinski definition) is 3. The Labute approximate surface area is 95.0 Å². The minimum absolute atomic E-state index is 0.186. The van der Waals surface area contributed by atoms with Crippen molar-refractivity contribution in [2.24, 2.45) is 5.73 Å². The first kappa shape index (κ1) is 12.7. The highest BCUT2D eigenvalue weighted by Crippen LogP contribution is 2.19. The third kappa shape index (κ3) is 3.08. The number of aliphatic hydroxyl groups excluding tert-OH is 1. The lowest BCUT2D eigenvalue weighted by Gasteiger charge is -2.24. The minimum atomic E-state index is -0.848. The number of H-pyrrole nitrogens is 1. The summed E-state index contributed by atoms with van der Waals surface area (Å²) in [5.41, 5.74) is 6.26. The molecule has 0 aliphatic heterocycles. The maximum absolute atomic E-state index is 11.4. The zero-order valence-electron chi connectivity index (χ0n) is 9.66. The molecule has 0 spiro atoms. The molecule has 5 nitrogen and oxygen atoms in total. The molecular weight excluding hydrogens is 206 g/mol. The van der Waals surface area contributed by atoms with Gasteiger partial charge in [-0.3, -0.25) is 4.79 Å². The molecular formula is C11H19N3O2. The lowest BCUT2D eigenvalue weighted by Crippen LogP contribution is -2.46. The Balaban J connectivity index is 2.52. The van der Waals surface area contributed by atoms with Crippen LogP contribution in [0.5, 0.6) is 0 Å². The largest absolute Gasteiger partial charge is 0.394 e. The topological polar surface area (TPSA) is 91.1 Å². The van der Waals surface area contributed by atoms with Gasteiger partial charge in [-0.25, -0.2) is 0 Å². The van der Waals surface area contributed by atoms with Crippen LogP contribution in [0.15, 0.2) is 18.3 Å². The summed E-state index contributed by atoms with van der Waals surface area (Å²) in [7, 11) is 0. The molecule has 0 radical (unpaired) electrons. The molecule has 1 rings (SSSR count). The first-order chi connectivity index (χ1) is 7.47. The normalized spacial score (nSPS) is 13.5. The van der Waals surface area contributed by atoms with Crippen LogP contribution in [-0.2, 0) is 10.2 Å². The molecule has 1 aromatic heterocycles. The van der Waals surface area contributed by atoms with Gasteiger partial charge in [-0.15, -0.1) is 0 Å². The quantitative estimate of drug-likeness (QED) is 0.556. The number of aliphatic hydroxyl groups is 1. The molecule has 1 atom stereocenters. The van der Waals surface area contributed by atoms with Crippen molar-refractivity contribution in [2.45, 2.75) is 25.3 Å². The Kier molecular flexibility index (Phi) is 4.09. The van der Waals surface area contributed by atoms with E-state index in [-0.39, 0.29) is 17.9 Å². The van der Waals surface area contributed by atoms with Crippen molar-refractivity contribution in [3.63, 3.8) is 0 Å². The van der Waals surface area contributed by atoms with E-state index in [1.807, 2.05) is 32.2 Å². The van der Waals surface area contributed by atoms with Gasteiger partial charge in [0.15, 0.2) is 0 Å². The van der Waals surface area contributed by atoms with Crippen molar-refractivity contribution in [1.29, 1.82) is 0 Å². The number of hydrogen-bond donors (Lipinski definition) is 4. The number of aromatic amines is 1. The Morgan fingerprint density at radius 3 is 2.88 bits per heavy atom. The van der Waals surface area contributed by atoms with Crippen LogP contribution in [0.1, 0.15) is 19.5 Å². The first-order valence-electron chi connectivity index (χ1n) is 5.25. The van der Waals surface area contributed by atoms with Gasteiger partial charge < -0.3 is 21.1 Å². The van der Waals surface area contributed by atoms with Crippen molar-refractivity contribution in [1.82, 2.24) is 10.3 Å². The van der Waals surface area contributed by atoms with E-state index in [0.717, 1.165) is 5.69 Å². The summed E-state index contributed by atoms with van der Waals surface area (Å²) in [4.78, 5) is 14.5. The van der Waals surface area contributed by atoms with Crippen LogP contribution in [0.2, 0.25) is 0 Å². The Morgan fingerprint density at radius 1 is 1.69 bits per heavy atom. The van der Waals surface area contributed by atoms with Gasteiger partial charge in [0, 0.05) is 23.9 Å². The summed E-state index contributed by atoms with van der Waals surface area (Å²) in [6, 6.07) is 3.04. The average molecular weight is 225 g/mol. The summed E-state index contributed by atoms with van der Waals surface area (Å²) in [5, 5.41) is 11.4. The molecule has 5 heteroatoms. The fraction of sp³-hybridized carbons (Fsp3) is 0.545. The molecule has 1 amide bonds. The van der Waals surface area contributed by atoms with Crippen LogP contribution < -0.4 is 11.1 Å². The molecule has 0 bridgehead atoms. The minimum Gasteiger partial charge on any atom is -0.394 e. The molecule has 0 fully saturated rings. The van der Waals surface area contributed by atoms with E-state index in [1.54, 1.807) is 0 Å². The van der Waals surface area contributed by atoms with Gasteiger partial charge in [0.05, 0.1) is 6.61 Å². The maximum Gasteiger partial charge on any atom is 0.239 e. The number of carbonyl (C=O) groups excluding carboxylic acids is 1. The van der Waals surface area contributed by atoms with Gasteiger partial charge in [-0.2, -0.15) is 0 Å². The number of rotatable bonds is 5. The molecule has 1 heterocycles. The second kappa shape index (κ2) is 5.14. The van der Waals surface area contributed by atoms with Crippen LogP contribution >= 0.6 is 0 Å². The van der Waals surface area contributed by atoms with Gasteiger partial charge in [0.25, 0.3) is 0 Å². The Bertz CT molecular complexity index is 333. The number of nitrogens with one attached hydrogen (secondary N) is 2. The summed E-state index contributed by atoms with van der Waals surface area (Å²) in [6.07, 6.45) is 1.85. The molecule has 16 heavy (non-hydrogen) atoms. The van der Waals surface area contributed by atoms with E-state index in [1.165, 1.54) is 0 Å². The van der Waals surface area contributed by atoms with Crippen molar-refractivity contribution < 1.29 is 9.90 Å². The van der Waals surface area contributed by atoms with Crippen LogP contribution in [0.3, 0.4) is 0 Å². The first-order valence-corrected chi connectivity index (χ1v) is 5.25. The second-order valence-electron chi connectivity index (χ2n) is 4.47. The molecule has 0 aromatic carbocycles. The van der Waals surface area contributed by atoms with Gasteiger partial charge in [-0.05, 0) is 12.1 Å². The van der Waals surface area contributed by atoms with Crippen LogP contribution in [-0.4, -0.2) is 35.2 Å². The monoisotopic (exact) mass is 225 g/mol. The third-order valence-corrected chi connectivity index (χ3v) is 2.57. The third-order valence-electron chi connectivity index (χ3n) is 2.57. The highest BCUT2D eigenvalue weighted by atomic mass is 16.3. The molecule has 1 unspecified atom stereocenters. The van der Waals surface area contributed by atoms with E-state index in [2.05, 4.69) is 10.3 Å². The van der Waals surface area contributed by atoms with Crippen molar-refractivity contribution in [2.75, 3.05) is 13.2 Å². The summed E-state index contributed by atoms with van der Waals surface area (Å²) >= 11 is 0. The number of carbonyl (C=O) groups is 1. The van der Waals surface area contributed by atoms with E-state index in [0.29, 0.717) is 6.54 Å². The SMILES string of the molecule is CC(C)(CNC(=O)C(N)CO)c1ccc[nH]1. The highest BCUT2D eigenvalue weighted by molar-refractivity contribution is 5.81. The molecule has 90 valence electrons. The number of nitrogens with two attached hydrogens (primary N) is 1. The van der Waals surface area contributed by atoms with Crippen molar-refractivity contribution >= 4 is 5.91 Å². The maximum atomic E-state index is 11.4. The predicted molar refractivity (Wildman–Crippen MR) is 61.9 cm³/mol. The van der Waals surface area contributed by atoms with Gasteiger partial charge in [0.1, 0.15) is 6.04 Å². The standard InChI is InChI=1S/C11H19N3O2/c1-11(2,9-4-3-5-13-9)7-14-10(16)8(12)6-15/h3-5,8,13,15H,6-7,12H2,1-2H3,(H,14,16). The molecule has 0 aliphatic carbocycles. The van der Waals surface area contributed by atoms with E-state index >= 15 is 0 Å². The van der Waals surface area contributed by atoms with Gasteiger partial charge >= 0.3 is 0 Å². The summed E-state index contributed by atoms with van der Waals surface area (Å²) in [5.74, 6) is -0.331. The Hall–Kier alpha value is -1.33. The smallest absolute Gasteiger partial charge is 0.239 e. The summed E-state index contributed by atoms with van der Waals surface area (Å²) in [6.45, 7) is 4.17. The van der Waals surface area contributed by atoms with Crippen LogP contribution in [0.25, 0.3) is 0 Å². The number of amides is 1. The predicted octanol–water partition coefficient (Wildman–Crippen LogP) is -0.272. The van der Waals surface area contributed by atoms with E-state index < -0.39 is 6.04 Å². The van der Waals surface area contributed by atoms with Crippen molar-refractivity contribution in [3.05, 3.63) is 24.0 Å². The zero-order valence-corrected chi connectivity index (χ0v) is 9.66. The average Bonchev–Trinajstić information content (AvgIpc) is 2.78. The van der Waals surface area contributed by atoms with Crippen LogP contribution in [0, 0.1) is 0 Å². The molecule has 0 aliphatic rings. The van der Waals surface area contributed by atoms with Crippen LogP contribution in [0.4, 0.5) is 0 Å². The zero-order chi connectivity index (χ0) is 12.2. The summed E-state index contributed by atoms with van der Waals surface area (Å²) < 4.78 is 0. The fourth-order valence-electron chi connectivity index (χ4n) is 1.37. The van der Waals surface area contributed by atoms with Gasteiger partial charge in [0.2, 0.25) is 5.91 Å². The lowest BCUT2D eigenvalue weighted by atomic mass is 9.89. The molecule has 0 saturated carbocycles. The molecule has 0 saturated heterocycles. The van der Waals surface area contributed by atoms with Gasteiger partial charge in [-0.1, -0.05) is 13.8 Å². The van der Waals surface area contributed by atoms with E-state index in [9.17, 15) is 4.79 Å². The van der Waals surface area contributed by atoms with E-state index in [4.69, 9.17) is 10.8 Å². The highest BCUT2D eigenvalue weighted by Gasteiger charge is 2.23. The molecule has 5 N–H and O–H groups in total. The second-order valence-corrected chi connectivity index (χ2v) is 4.47. The lowest BCUT2D eigenvalue weighted by molar-refractivity contribution is -0.123. The van der Waals surface area contributed by atoms with Crippen molar-refractivity contribution in [3.8, 4) is 0 Å². The molecule has 1 aromatic rings. The fourth-order valence-corrected chi connectivity index (χ4v) is 1.37. The number of aromatic nitrogens is 1. The Morgan fingerprint density at radius 2 is 2.38 bits per heavy atom.